The van der Waals surface area contributed by atoms with Crippen molar-refractivity contribution in [2.75, 3.05) is 13.1 Å². The fourth-order valence-electron chi connectivity index (χ4n) is 5.96. The zero-order chi connectivity index (χ0) is 32.7. The van der Waals surface area contributed by atoms with Crippen LogP contribution in [0.1, 0.15) is 49.9 Å². The van der Waals surface area contributed by atoms with Crippen LogP contribution >= 0.6 is 0 Å². The number of aromatic nitrogens is 4. The molecule has 0 spiro atoms. The highest BCUT2D eigenvalue weighted by Crippen LogP contribution is 2.36. The number of fused-ring (bicyclic) bond motifs is 1. The fraction of sp³-hybridized carbons (Fsp3) is 0.312. The molecule has 10 nitrogen and oxygen atoms in total. The van der Waals surface area contributed by atoms with Crippen LogP contribution < -0.4 is 11.1 Å². The molecule has 4 heterocycles. The smallest absolute Gasteiger partial charge is 0.322 e. The summed E-state index contributed by atoms with van der Waals surface area (Å²) in [7, 11) is 0. The Labute approximate surface area is 255 Å². The molecule has 0 aliphatic carbocycles. The number of piperidine rings is 1. The summed E-state index contributed by atoms with van der Waals surface area (Å²) in [6, 6.07) is 4.37. The van der Waals surface area contributed by atoms with Crippen molar-refractivity contribution in [1.82, 2.24) is 24.0 Å². The minimum atomic E-state index is -1.20. The van der Waals surface area contributed by atoms with Gasteiger partial charge in [-0.05, 0) is 49.4 Å². The molecular formula is C32H29F3N6O4. The zero-order valence-electron chi connectivity index (χ0n) is 24.7. The van der Waals surface area contributed by atoms with Crippen molar-refractivity contribution in [3.05, 3.63) is 104 Å². The molecule has 1 N–H and O–H groups in total. The quantitative estimate of drug-likeness (QED) is 0.186. The highest BCUT2D eigenvalue weighted by molar-refractivity contribution is 5.91. The summed E-state index contributed by atoms with van der Waals surface area (Å²) in [4.78, 5) is 53.9. The van der Waals surface area contributed by atoms with Crippen LogP contribution in [0.5, 0.6) is 5.75 Å². The number of aryl methyl sites for hydroxylation is 1. The first kappa shape index (κ1) is 31.2. The number of carbonyl (C=O) groups excluding carboxylic acids is 1. The second-order valence-corrected chi connectivity index (χ2v) is 11.2. The van der Waals surface area contributed by atoms with Crippen LogP contribution in [0.15, 0.2) is 58.5 Å². The number of benzene rings is 1. The molecule has 5 rings (SSSR count). The molecule has 3 aromatic heterocycles. The average Bonchev–Trinajstić information content (AvgIpc) is 2.98. The van der Waals surface area contributed by atoms with Gasteiger partial charge in [-0.15, -0.1) is 0 Å². The summed E-state index contributed by atoms with van der Waals surface area (Å²) in [5.41, 5.74) is -2.23. The molecule has 1 unspecified atom stereocenters. The Bertz CT molecular complexity index is 2010. The molecule has 0 radical (unpaired) electrons. The first-order valence-electron chi connectivity index (χ1n) is 14.2. The molecule has 0 bridgehead atoms. The van der Waals surface area contributed by atoms with Crippen molar-refractivity contribution in [2.45, 2.75) is 51.6 Å². The standard InChI is InChI=1S/C32H29F3N6O4/c1-16(2)26-28(17(3)9-11-37-26)41-29-23(14-22(35)27(38-29)25-21(34)7-6-8-24(25)42)40(31(44)32(41)45)19-10-12-39(30(43)18(4)33)20(13-19)15-36-5/h6-9,11,14,16,19-20,42H,4,10,12-13,15H2,1-3H3/t19?,20-/m0/s1. The second kappa shape index (κ2) is 12.0. The van der Waals surface area contributed by atoms with Gasteiger partial charge < -0.3 is 14.9 Å². The first-order valence-corrected chi connectivity index (χ1v) is 14.2. The average molecular weight is 619 g/mol. The summed E-state index contributed by atoms with van der Waals surface area (Å²) in [6.45, 7) is 15.5. The number of phenolic OH excluding ortho intramolecular Hbond substituents is 1. The van der Waals surface area contributed by atoms with Gasteiger partial charge in [-0.25, -0.2) is 24.7 Å². The van der Waals surface area contributed by atoms with Gasteiger partial charge in [-0.2, -0.15) is 0 Å². The van der Waals surface area contributed by atoms with E-state index in [-0.39, 0.29) is 48.7 Å². The van der Waals surface area contributed by atoms with E-state index in [1.54, 1.807) is 19.2 Å². The van der Waals surface area contributed by atoms with Crippen molar-refractivity contribution in [1.29, 1.82) is 0 Å². The highest BCUT2D eigenvalue weighted by atomic mass is 19.1. The SMILES string of the molecule is [C-]#[N+]C[C@@H]1CC(n2c(=O)c(=O)n(-c3c(C)ccnc3C(C)C)c3nc(-c4c(O)cccc4F)c(F)cc32)CCN1C(=O)C(=C)F. The number of aromatic hydroxyl groups is 1. The van der Waals surface area contributed by atoms with Gasteiger partial charge in [-0.1, -0.05) is 26.5 Å². The van der Waals surface area contributed by atoms with Gasteiger partial charge in [-0.3, -0.25) is 28.5 Å². The van der Waals surface area contributed by atoms with Crippen molar-refractivity contribution >= 4 is 17.1 Å². The molecule has 1 amide bonds. The molecule has 45 heavy (non-hydrogen) atoms. The van der Waals surface area contributed by atoms with E-state index in [4.69, 9.17) is 6.57 Å². The normalized spacial score (nSPS) is 16.6. The molecule has 1 aliphatic rings. The summed E-state index contributed by atoms with van der Waals surface area (Å²) < 4.78 is 46.8. The Kier molecular flexibility index (Phi) is 8.34. The van der Waals surface area contributed by atoms with E-state index in [1.807, 2.05) is 13.8 Å². The Morgan fingerprint density at radius 2 is 1.93 bits per heavy atom. The van der Waals surface area contributed by atoms with Gasteiger partial charge in [0.25, 0.3) is 5.91 Å². The number of hydrogen-bond acceptors (Lipinski definition) is 6. The number of phenols is 1. The van der Waals surface area contributed by atoms with E-state index in [0.717, 1.165) is 26.2 Å². The molecule has 1 fully saturated rings. The summed E-state index contributed by atoms with van der Waals surface area (Å²) in [5.74, 6) is -5.02. The molecule has 2 atom stereocenters. The van der Waals surface area contributed by atoms with Crippen LogP contribution in [0.25, 0.3) is 33.0 Å². The molecule has 13 heteroatoms. The lowest BCUT2D eigenvalue weighted by atomic mass is 9.96. The maximum atomic E-state index is 15.9. The van der Waals surface area contributed by atoms with Crippen LogP contribution in [-0.2, 0) is 4.79 Å². The number of pyridine rings is 2. The van der Waals surface area contributed by atoms with Crippen LogP contribution in [0.3, 0.4) is 0 Å². The van der Waals surface area contributed by atoms with E-state index in [2.05, 4.69) is 21.4 Å². The third-order valence-corrected chi connectivity index (χ3v) is 8.01. The molecule has 1 saturated heterocycles. The minimum absolute atomic E-state index is 0.0273. The number of hydrogen-bond donors (Lipinski definition) is 1. The molecule has 0 saturated carbocycles. The van der Waals surface area contributed by atoms with E-state index in [0.29, 0.717) is 11.3 Å². The molecule has 4 aromatic rings. The Balaban J connectivity index is 1.85. The lowest BCUT2D eigenvalue weighted by Crippen LogP contribution is -2.51. The van der Waals surface area contributed by atoms with Gasteiger partial charge in [0.2, 0.25) is 6.54 Å². The van der Waals surface area contributed by atoms with Crippen LogP contribution in [0.4, 0.5) is 13.2 Å². The van der Waals surface area contributed by atoms with Crippen molar-refractivity contribution < 1.29 is 23.1 Å². The molecule has 232 valence electrons. The number of rotatable bonds is 6. The Morgan fingerprint density at radius 3 is 2.58 bits per heavy atom. The molecule has 1 aliphatic heterocycles. The van der Waals surface area contributed by atoms with E-state index in [9.17, 15) is 28.3 Å². The van der Waals surface area contributed by atoms with E-state index in [1.165, 1.54) is 12.1 Å². The number of halogens is 3. The van der Waals surface area contributed by atoms with Crippen LogP contribution in [0.2, 0.25) is 0 Å². The zero-order valence-corrected chi connectivity index (χ0v) is 24.7. The molecule has 1 aromatic carbocycles. The third-order valence-electron chi connectivity index (χ3n) is 8.01. The summed E-state index contributed by atoms with van der Waals surface area (Å²) >= 11 is 0. The largest absolute Gasteiger partial charge is 0.507 e. The minimum Gasteiger partial charge on any atom is -0.507 e. The number of amides is 1. The monoisotopic (exact) mass is 618 g/mol. The maximum absolute atomic E-state index is 15.9. The predicted molar refractivity (Wildman–Crippen MR) is 161 cm³/mol. The van der Waals surface area contributed by atoms with Crippen LogP contribution in [0, 0.1) is 25.1 Å². The van der Waals surface area contributed by atoms with Gasteiger partial charge in [0.15, 0.2) is 17.3 Å². The number of likely N-dealkylation sites (tertiary alicyclic amines) is 1. The van der Waals surface area contributed by atoms with Gasteiger partial charge >= 0.3 is 11.1 Å². The maximum Gasteiger partial charge on any atom is 0.322 e. The van der Waals surface area contributed by atoms with Gasteiger partial charge in [0.05, 0.1) is 22.5 Å². The lowest BCUT2D eigenvalue weighted by Gasteiger charge is -2.37. The number of carbonyl (C=O) groups is 1. The number of nitrogens with zero attached hydrogens (tertiary/aromatic N) is 6. The van der Waals surface area contributed by atoms with E-state index < -0.39 is 63.6 Å². The van der Waals surface area contributed by atoms with Crippen molar-refractivity contribution in [3.8, 4) is 22.7 Å². The predicted octanol–water partition coefficient (Wildman–Crippen LogP) is 4.96. The first-order chi connectivity index (χ1) is 21.4. The lowest BCUT2D eigenvalue weighted by molar-refractivity contribution is -0.132. The fourth-order valence-corrected chi connectivity index (χ4v) is 5.96. The van der Waals surface area contributed by atoms with Crippen LogP contribution in [-0.4, -0.2) is 54.1 Å². The van der Waals surface area contributed by atoms with Gasteiger partial charge in [0.1, 0.15) is 23.3 Å². The van der Waals surface area contributed by atoms with Gasteiger partial charge in [0, 0.05) is 24.8 Å². The summed E-state index contributed by atoms with van der Waals surface area (Å²) in [5, 5.41) is 10.5. The summed E-state index contributed by atoms with van der Waals surface area (Å²) in [6.07, 6.45) is 1.59. The Hall–Kier alpha value is -5.25. The highest BCUT2D eigenvalue weighted by Gasteiger charge is 2.37. The third kappa shape index (κ3) is 5.37. The topological polar surface area (TPSA) is 115 Å². The molecular weight excluding hydrogens is 589 g/mol. The van der Waals surface area contributed by atoms with E-state index >= 15 is 4.39 Å². The van der Waals surface area contributed by atoms with Crippen molar-refractivity contribution in [3.63, 3.8) is 0 Å². The van der Waals surface area contributed by atoms with Crippen molar-refractivity contribution in [2.24, 2.45) is 0 Å². The Morgan fingerprint density at radius 1 is 1.20 bits per heavy atom. The second-order valence-electron chi connectivity index (χ2n) is 11.2.